The van der Waals surface area contributed by atoms with Crippen LogP contribution in [-0.2, 0) is 16.1 Å². The van der Waals surface area contributed by atoms with Crippen LogP contribution in [0, 0.1) is 5.82 Å². The van der Waals surface area contributed by atoms with Gasteiger partial charge in [-0.15, -0.1) is 0 Å². The van der Waals surface area contributed by atoms with Crippen molar-refractivity contribution in [3.05, 3.63) is 89.7 Å². The van der Waals surface area contributed by atoms with E-state index < -0.39 is 17.9 Å². The SMILES string of the molecule is COc1ccc(CN(C(=O)[C@@H](C)n2nc3ccccc3n2)[C@H](C(=O)NC2CCCCC2)c2ccc(F)cc2)cc1. The Labute approximate surface area is 233 Å². The molecule has 1 aromatic heterocycles. The van der Waals surface area contributed by atoms with Crippen LogP contribution < -0.4 is 10.1 Å². The van der Waals surface area contributed by atoms with Crippen molar-refractivity contribution < 1.29 is 18.7 Å². The van der Waals surface area contributed by atoms with Crippen molar-refractivity contribution in [2.45, 2.75) is 63.7 Å². The predicted molar refractivity (Wildman–Crippen MR) is 150 cm³/mol. The van der Waals surface area contributed by atoms with E-state index in [1.807, 2.05) is 48.5 Å². The highest BCUT2D eigenvalue weighted by molar-refractivity contribution is 5.90. The van der Waals surface area contributed by atoms with Gasteiger partial charge in [0.1, 0.15) is 34.7 Å². The van der Waals surface area contributed by atoms with Crippen LogP contribution in [0.4, 0.5) is 4.39 Å². The molecule has 40 heavy (non-hydrogen) atoms. The first kappa shape index (κ1) is 27.3. The molecule has 208 valence electrons. The number of hydrogen-bond acceptors (Lipinski definition) is 5. The summed E-state index contributed by atoms with van der Waals surface area (Å²) in [6, 6.07) is 18.8. The molecule has 0 aliphatic heterocycles. The Kier molecular flexibility index (Phi) is 8.38. The normalized spacial score (nSPS) is 15.4. The van der Waals surface area contributed by atoms with E-state index in [2.05, 4.69) is 15.5 Å². The smallest absolute Gasteiger partial charge is 0.250 e. The zero-order valence-corrected chi connectivity index (χ0v) is 22.8. The Morgan fingerprint density at radius 2 is 1.60 bits per heavy atom. The number of rotatable bonds is 9. The minimum absolute atomic E-state index is 0.0395. The summed E-state index contributed by atoms with van der Waals surface area (Å²) in [5.41, 5.74) is 2.70. The van der Waals surface area contributed by atoms with E-state index in [1.54, 1.807) is 31.1 Å². The van der Waals surface area contributed by atoms with Crippen molar-refractivity contribution >= 4 is 22.8 Å². The number of nitrogens with zero attached hydrogens (tertiary/aromatic N) is 4. The van der Waals surface area contributed by atoms with E-state index in [-0.39, 0.29) is 24.4 Å². The van der Waals surface area contributed by atoms with Gasteiger partial charge in [-0.3, -0.25) is 9.59 Å². The Bertz CT molecular complexity index is 1420. The lowest BCUT2D eigenvalue weighted by atomic mass is 9.94. The second-order valence-electron chi connectivity index (χ2n) is 10.3. The van der Waals surface area contributed by atoms with Gasteiger partial charge in [0.15, 0.2) is 0 Å². The first-order valence-corrected chi connectivity index (χ1v) is 13.7. The topological polar surface area (TPSA) is 89.3 Å². The fraction of sp³-hybridized carbons (Fsp3) is 0.355. The first-order chi connectivity index (χ1) is 19.4. The minimum atomic E-state index is -0.982. The Morgan fingerprint density at radius 3 is 2.20 bits per heavy atom. The monoisotopic (exact) mass is 543 g/mol. The third-order valence-electron chi connectivity index (χ3n) is 7.50. The van der Waals surface area contributed by atoms with Crippen molar-refractivity contribution in [3.8, 4) is 5.75 Å². The zero-order chi connectivity index (χ0) is 28.1. The van der Waals surface area contributed by atoms with Gasteiger partial charge < -0.3 is 15.0 Å². The Balaban J connectivity index is 1.53. The lowest BCUT2D eigenvalue weighted by Gasteiger charge is -2.34. The highest BCUT2D eigenvalue weighted by atomic mass is 19.1. The highest BCUT2D eigenvalue weighted by Gasteiger charge is 2.36. The molecule has 0 unspecified atom stereocenters. The van der Waals surface area contributed by atoms with Crippen molar-refractivity contribution in [1.29, 1.82) is 0 Å². The molecule has 2 atom stereocenters. The Hall–Kier alpha value is -4.27. The molecule has 1 fully saturated rings. The summed E-state index contributed by atoms with van der Waals surface area (Å²) in [5.74, 6) is -0.341. The summed E-state index contributed by atoms with van der Waals surface area (Å²) < 4.78 is 19.2. The maximum Gasteiger partial charge on any atom is 0.250 e. The molecule has 1 aliphatic rings. The number of aromatic nitrogens is 3. The molecule has 5 rings (SSSR count). The van der Waals surface area contributed by atoms with Crippen LogP contribution in [0.2, 0.25) is 0 Å². The number of ether oxygens (including phenoxy) is 1. The van der Waals surface area contributed by atoms with E-state index in [1.165, 1.54) is 16.9 Å². The zero-order valence-electron chi connectivity index (χ0n) is 22.8. The number of amides is 2. The van der Waals surface area contributed by atoms with Crippen LogP contribution in [0.1, 0.15) is 62.2 Å². The number of halogens is 1. The number of fused-ring (bicyclic) bond motifs is 1. The van der Waals surface area contributed by atoms with Crippen LogP contribution in [-0.4, -0.2) is 44.9 Å². The van der Waals surface area contributed by atoms with Gasteiger partial charge in [0, 0.05) is 12.6 Å². The van der Waals surface area contributed by atoms with Crippen LogP contribution in [0.15, 0.2) is 72.8 Å². The van der Waals surface area contributed by atoms with E-state index >= 15 is 0 Å². The molecule has 1 aliphatic carbocycles. The van der Waals surface area contributed by atoms with Crippen molar-refractivity contribution in [1.82, 2.24) is 25.2 Å². The fourth-order valence-corrected chi connectivity index (χ4v) is 5.26. The number of nitrogens with one attached hydrogen (secondary N) is 1. The van der Waals surface area contributed by atoms with Gasteiger partial charge in [0.2, 0.25) is 11.8 Å². The van der Waals surface area contributed by atoms with Crippen LogP contribution in [0.5, 0.6) is 5.75 Å². The molecule has 0 bridgehead atoms. The van der Waals surface area contributed by atoms with Crippen LogP contribution in [0.25, 0.3) is 11.0 Å². The van der Waals surface area contributed by atoms with E-state index in [0.717, 1.165) is 37.7 Å². The van der Waals surface area contributed by atoms with Gasteiger partial charge in [-0.2, -0.15) is 15.0 Å². The molecule has 1 saturated carbocycles. The van der Waals surface area contributed by atoms with Gasteiger partial charge in [0.05, 0.1) is 7.11 Å². The summed E-state index contributed by atoms with van der Waals surface area (Å²) in [4.78, 5) is 31.2. The molecule has 3 aromatic carbocycles. The lowest BCUT2D eigenvalue weighted by Crippen LogP contribution is -2.48. The third-order valence-corrected chi connectivity index (χ3v) is 7.50. The van der Waals surface area contributed by atoms with E-state index in [9.17, 15) is 14.0 Å². The van der Waals surface area contributed by atoms with Crippen molar-refractivity contribution in [2.75, 3.05) is 7.11 Å². The molecule has 0 saturated heterocycles. The van der Waals surface area contributed by atoms with Gasteiger partial charge in [-0.05, 0) is 67.3 Å². The molecule has 0 spiro atoms. The summed E-state index contributed by atoms with van der Waals surface area (Å²) in [7, 11) is 1.59. The number of methoxy groups -OCH3 is 1. The maximum atomic E-state index is 14.3. The van der Waals surface area contributed by atoms with Gasteiger partial charge in [-0.1, -0.05) is 55.7 Å². The molecule has 1 heterocycles. The fourth-order valence-electron chi connectivity index (χ4n) is 5.26. The number of carbonyl (C=O) groups excluding carboxylic acids is 2. The van der Waals surface area contributed by atoms with Crippen LogP contribution >= 0.6 is 0 Å². The van der Waals surface area contributed by atoms with Gasteiger partial charge in [-0.25, -0.2) is 4.39 Å². The summed E-state index contributed by atoms with van der Waals surface area (Å²) in [6.07, 6.45) is 5.05. The molecule has 0 radical (unpaired) electrons. The van der Waals surface area contributed by atoms with Crippen LogP contribution in [0.3, 0.4) is 0 Å². The molecule has 8 nitrogen and oxygen atoms in total. The minimum Gasteiger partial charge on any atom is -0.497 e. The molecule has 1 N–H and O–H groups in total. The Morgan fingerprint density at radius 1 is 0.975 bits per heavy atom. The largest absolute Gasteiger partial charge is 0.497 e. The molecule has 4 aromatic rings. The predicted octanol–water partition coefficient (Wildman–Crippen LogP) is 5.36. The molecule has 9 heteroatoms. The lowest BCUT2D eigenvalue weighted by molar-refractivity contribution is -0.144. The average molecular weight is 544 g/mol. The summed E-state index contributed by atoms with van der Waals surface area (Å²) in [5, 5.41) is 12.2. The number of carbonyl (C=O) groups is 2. The average Bonchev–Trinajstić information content (AvgIpc) is 3.42. The summed E-state index contributed by atoms with van der Waals surface area (Å²) in [6.45, 7) is 1.87. The standard InChI is InChI=1S/C31H34FN5O3/c1-21(37-34-27-10-6-7-11-28(27)35-37)31(39)36(20-22-12-18-26(40-2)19-13-22)29(23-14-16-24(32)17-15-23)30(38)33-25-8-4-3-5-9-25/h6-7,10-19,21,25,29H,3-5,8-9,20H2,1-2H3,(H,33,38)/t21-,29+/m1/s1. The van der Waals surface area contributed by atoms with Crippen molar-refractivity contribution in [3.63, 3.8) is 0 Å². The highest BCUT2D eigenvalue weighted by Crippen LogP contribution is 2.29. The van der Waals surface area contributed by atoms with E-state index in [4.69, 9.17) is 4.74 Å². The second kappa shape index (κ2) is 12.3. The maximum absolute atomic E-state index is 14.3. The van der Waals surface area contributed by atoms with Gasteiger partial charge >= 0.3 is 0 Å². The second-order valence-corrected chi connectivity index (χ2v) is 10.3. The molecule has 2 amide bonds. The third kappa shape index (κ3) is 6.14. The number of benzene rings is 3. The van der Waals surface area contributed by atoms with Crippen molar-refractivity contribution in [2.24, 2.45) is 0 Å². The molecular formula is C31H34FN5O3. The quantitative estimate of drug-likeness (QED) is 0.307. The molecular weight excluding hydrogens is 509 g/mol. The first-order valence-electron chi connectivity index (χ1n) is 13.7. The number of hydrogen-bond donors (Lipinski definition) is 1. The van der Waals surface area contributed by atoms with E-state index in [0.29, 0.717) is 22.3 Å². The van der Waals surface area contributed by atoms with Gasteiger partial charge in [0.25, 0.3) is 0 Å². The summed E-state index contributed by atoms with van der Waals surface area (Å²) >= 11 is 0.